The summed E-state index contributed by atoms with van der Waals surface area (Å²) in [7, 11) is 1.40. The number of carbonyl (C=O) groups is 1. The first-order chi connectivity index (χ1) is 11.2. The van der Waals surface area contributed by atoms with E-state index < -0.39 is 0 Å². The summed E-state index contributed by atoms with van der Waals surface area (Å²) in [6.07, 6.45) is 2.77. The molecule has 1 aromatic rings. The Balaban J connectivity index is 1.80. The van der Waals surface area contributed by atoms with Crippen molar-refractivity contribution in [2.45, 2.75) is 30.3 Å². The van der Waals surface area contributed by atoms with Crippen LogP contribution in [0.3, 0.4) is 0 Å². The van der Waals surface area contributed by atoms with Crippen LogP contribution in [0.25, 0.3) is 0 Å². The minimum atomic E-state index is -0.205. The van der Waals surface area contributed by atoms with Crippen LogP contribution in [0.2, 0.25) is 0 Å². The molecule has 0 saturated carbocycles. The van der Waals surface area contributed by atoms with E-state index in [2.05, 4.69) is 4.90 Å². The summed E-state index contributed by atoms with van der Waals surface area (Å²) >= 11 is 1.50. The molecule has 0 amide bonds. The number of nitrogens with zero attached hydrogens (tertiary/aromatic N) is 1. The second-order valence-electron chi connectivity index (χ2n) is 5.54. The number of hydrogen-bond acceptors (Lipinski definition) is 5. The highest BCUT2D eigenvalue weighted by Gasteiger charge is 2.19. The smallest absolute Gasteiger partial charge is 0.306 e. The molecule has 1 aliphatic heterocycles. The lowest BCUT2D eigenvalue weighted by Gasteiger charge is -2.24. The quantitative estimate of drug-likeness (QED) is 0.510. The molecule has 0 aliphatic carbocycles. The zero-order valence-electron chi connectivity index (χ0n) is 13.5. The van der Waals surface area contributed by atoms with E-state index in [9.17, 15) is 9.18 Å². The van der Waals surface area contributed by atoms with Crippen molar-refractivity contribution in [3.8, 4) is 0 Å². The van der Waals surface area contributed by atoms with Gasteiger partial charge in [0, 0.05) is 36.9 Å². The van der Waals surface area contributed by atoms with Crippen LogP contribution in [-0.4, -0.2) is 56.1 Å². The molecule has 0 aromatic heterocycles. The summed E-state index contributed by atoms with van der Waals surface area (Å²) in [6.45, 7) is 3.06. The molecule has 23 heavy (non-hydrogen) atoms. The number of thioether (sulfide) groups is 1. The van der Waals surface area contributed by atoms with E-state index in [4.69, 9.17) is 9.47 Å². The van der Waals surface area contributed by atoms with Crippen LogP contribution in [0.15, 0.2) is 29.2 Å². The molecular weight excluding hydrogens is 317 g/mol. The van der Waals surface area contributed by atoms with Crippen LogP contribution >= 0.6 is 11.8 Å². The van der Waals surface area contributed by atoms with Gasteiger partial charge >= 0.3 is 5.97 Å². The van der Waals surface area contributed by atoms with Crippen molar-refractivity contribution in [1.29, 1.82) is 0 Å². The van der Waals surface area contributed by atoms with Gasteiger partial charge in [0.2, 0.25) is 0 Å². The van der Waals surface area contributed by atoms with Crippen LogP contribution in [0, 0.1) is 5.82 Å². The van der Waals surface area contributed by atoms with E-state index in [1.165, 1.54) is 24.9 Å². The summed E-state index contributed by atoms with van der Waals surface area (Å²) in [4.78, 5) is 14.2. The fourth-order valence-electron chi connectivity index (χ4n) is 2.57. The molecule has 1 heterocycles. The Labute approximate surface area is 141 Å². The van der Waals surface area contributed by atoms with Gasteiger partial charge in [-0.25, -0.2) is 4.39 Å². The van der Waals surface area contributed by atoms with Gasteiger partial charge < -0.3 is 9.47 Å². The summed E-state index contributed by atoms with van der Waals surface area (Å²) < 4.78 is 24.0. The Morgan fingerprint density at radius 1 is 1.43 bits per heavy atom. The zero-order chi connectivity index (χ0) is 16.5. The first-order valence-corrected chi connectivity index (χ1v) is 8.95. The van der Waals surface area contributed by atoms with E-state index in [1.807, 2.05) is 6.07 Å². The summed E-state index contributed by atoms with van der Waals surface area (Å²) in [5.41, 5.74) is 0. The van der Waals surface area contributed by atoms with Crippen LogP contribution in [0.1, 0.15) is 19.3 Å². The Morgan fingerprint density at radius 3 is 2.96 bits per heavy atom. The Bertz CT molecular complexity index is 494. The molecule has 128 valence electrons. The maximum absolute atomic E-state index is 13.6. The lowest BCUT2D eigenvalue weighted by Crippen LogP contribution is -2.35. The number of carbonyl (C=O) groups excluding carboxylic acids is 1. The van der Waals surface area contributed by atoms with E-state index in [-0.39, 0.29) is 17.9 Å². The first kappa shape index (κ1) is 18.2. The van der Waals surface area contributed by atoms with Gasteiger partial charge in [-0.1, -0.05) is 12.1 Å². The number of ether oxygens (including phenoxy) is 2. The van der Waals surface area contributed by atoms with Crippen molar-refractivity contribution in [2.75, 3.05) is 39.1 Å². The van der Waals surface area contributed by atoms with Gasteiger partial charge in [-0.15, -0.1) is 11.8 Å². The number of halogens is 1. The molecule has 1 fully saturated rings. The van der Waals surface area contributed by atoms with Crippen LogP contribution < -0.4 is 0 Å². The SMILES string of the molecule is COC(=O)CCN(CCSc1ccccc1F)CC1CCCO1. The molecule has 1 atom stereocenters. The number of esters is 1. The molecule has 0 spiro atoms. The first-order valence-electron chi connectivity index (χ1n) is 7.97. The van der Waals surface area contributed by atoms with Crippen molar-refractivity contribution < 1.29 is 18.7 Å². The van der Waals surface area contributed by atoms with E-state index in [0.717, 1.165) is 38.3 Å². The van der Waals surface area contributed by atoms with Crippen molar-refractivity contribution >= 4 is 17.7 Å². The molecule has 1 aliphatic rings. The van der Waals surface area contributed by atoms with Gasteiger partial charge in [-0.3, -0.25) is 9.69 Å². The van der Waals surface area contributed by atoms with Gasteiger partial charge in [0.1, 0.15) is 5.82 Å². The number of benzene rings is 1. The third-order valence-electron chi connectivity index (χ3n) is 3.85. The average Bonchev–Trinajstić information content (AvgIpc) is 3.06. The van der Waals surface area contributed by atoms with Crippen molar-refractivity contribution in [3.63, 3.8) is 0 Å². The minimum Gasteiger partial charge on any atom is -0.469 e. The normalized spacial score (nSPS) is 17.6. The lowest BCUT2D eigenvalue weighted by atomic mass is 10.2. The molecule has 0 N–H and O–H groups in total. The third-order valence-corrected chi connectivity index (χ3v) is 4.88. The molecule has 1 aromatic carbocycles. The Kier molecular flexibility index (Phi) is 7.85. The number of rotatable bonds is 9. The molecule has 0 bridgehead atoms. The van der Waals surface area contributed by atoms with Crippen molar-refractivity contribution in [3.05, 3.63) is 30.1 Å². The van der Waals surface area contributed by atoms with Crippen LogP contribution in [0.4, 0.5) is 4.39 Å². The maximum Gasteiger partial charge on any atom is 0.306 e. The van der Waals surface area contributed by atoms with Gasteiger partial charge in [0.05, 0.1) is 19.6 Å². The molecule has 4 nitrogen and oxygen atoms in total. The summed E-state index contributed by atoms with van der Waals surface area (Å²) in [6, 6.07) is 6.80. The molecule has 1 saturated heterocycles. The summed E-state index contributed by atoms with van der Waals surface area (Å²) in [5.74, 6) is 0.385. The standard InChI is InChI=1S/C17H24FNO3S/c1-21-17(20)8-9-19(13-14-5-4-11-22-14)10-12-23-16-7-3-2-6-15(16)18/h2-3,6-7,14H,4-5,8-13H2,1H3. The predicted molar refractivity (Wildman–Crippen MR) is 89.2 cm³/mol. The lowest BCUT2D eigenvalue weighted by molar-refractivity contribution is -0.141. The monoisotopic (exact) mass is 341 g/mol. The maximum atomic E-state index is 13.6. The van der Waals surface area contributed by atoms with Gasteiger partial charge in [-0.05, 0) is 25.0 Å². The second kappa shape index (κ2) is 9.90. The highest BCUT2D eigenvalue weighted by Crippen LogP contribution is 2.21. The third kappa shape index (κ3) is 6.49. The molecule has 6 heteroatoms. The average molecular weight is 341 g/mol. The Hall–Kier alpha value is -1.11. The van der Waals surface area contributed by atoms with Crippen LogP contribution in [-0.2, 0) is 14.3 Å². The van der Waals surface area contributed by atoms with Gasteiger partial charge in [-0.2, -0.15) is 0 Å². The van der Waals surface area contributed by atoms with Gasteiger partial charge in [0.25, 0.3) is 0 Å². The fraction of sp³-hybridized carbons (Fsp3) is 0.588. The minimum absolute atomic E-state index is 0.183. The molecule has 0 radical (unpaired) electrons. The summed E-state index contributed by atoms with van der Waals surface area (Å²) in [5, 5.41) is 0. The predicted octanol–water partition coefficient (Wildman–Crippen LogP) is 2.96. The molecule has 1 unspecified atom stereocenters. The van der Waals surface area contributed by atoms with E-state index in [1.54, 1.807) is 12.1 Å². The molecule has 2 rings (SSSR count). The molecular formula is C17H24FNO3S. The Morgan fingerprint density at radius 2 is 2.26 bits per heavy atom. The number of hydrogen-bond donors (Lipinski definition) is 0. The topological polar surface area (TPSA) is 38.8 Å². The van der Waals surface area contributed by atoms with Gasteiger partial charge in [0.15, 0.2) is 0 Å². The second-order valence-corrected chi connectivity index (χ2v) is 6.68. The van der Waals surface area contributed by atoms with Crippen molar-refractivity contribution in [2.24, 2.45) is 0 Å². The largest absolute Gasteiger partial charge is 0.469 e. The fourth-order valence-corrected chi connectivity index (χ4v) is 3.52. The van der Waals surface area contributed by atoms with Crippen molar-refractivity contribution in [1.82, 2.24) is 4.90 Å². The highest BCUT2D eigenvalue weighted by molar-refractivity contribution is 7.99. The van der Waals surface area contributed by atoms with Crippen LogP contribution in [0.5, 0.6) is 0 Å². The number of methoxy groups -OCH3 is 1. The zero-order valence-corrected chi connectivity index (χ0v) is 14.3. The van der Waals surface area contributed by atoms with E-state index >= 15 is 0 Å². The highest BCUT2D eigenvalue weighted by atomic mass is 32.2. The van der Waals surface area contributed by atoms with E-state index in [0.29, 0.717) is 17.9 Å².